The van der Waals surface area contributed by atoms with Crippen LogP contribution in [0.4, 0.5) is 13.2 Å². The van der Waals surface area contributed by atoms with Crippen LogP contribution in [0.3, 0.4) is 0 Å². The second kappa shape index (κ2) is 5.34. The van der Waals surface area contributed by atoms with E-state index in [2.05, 4.69) is 10.4 Å². The molecule has 16 heavy (non-hydrogen) atoms. The molecule has 0 aliphatic heterocycles. The average Bonchev–Trinajstić information content (AvgIpc) is 2.63. The number of aryl methyl sites for hydroxylation is 1. The summed E-state index contributed by atoms with van der Waals surface area (Å²) in [5.41, 5.74) is 0.602. The average molecular weight is 235 g/mol. The lowest BCUT2D eigenvalue weighted by molar-refractivity contribution is -0.155. The number of rotatable bonds is 5. The van der Waals surface area contributed by atoms with Crippen molar-refractivity contribution in [2.45, 2.75) is 39.0 Å². The van der Waals surface area contributed by atoms with Crippen molar-refractivity contribution in [2.24, 2.45) is 0 Å². The fourth-order valence-corrected chi connectivity index (χ4v) is 1.47. The smallest absolute Gasteiger partial charge is 0.306 e. The largest absolute Gasteiger partial charge is 0.404 e. The number of nitrogens with zero attached hydrogens (tertiary/aromatic N) is 2. The van der Waals surface area contributed by atoms with Gasteiger partial charge in [0.2, 0.25) is 0 Å². The molecule has 0 aliphatic carbocycles. The summed E-state index contributed by atoms with van der Waals surface area (Å²) < 4.78 is 39.4. The monoisotopic (exact) mass is 235 g/mol. The van der Waals surface area contributed by atoms with Crippen LogP contribution in [0.5, 0.6) is 0 Å². The first kappa shape index (κ1) is 13.0. The highest BCUT2D eigenvalue weighted by atomic mass is 19.4. The van der Waals surface area contributed by atoms with Gasteiger partial charge >= 0.3 is 6.18 Å². The Morgan fingerprint density at radius 1 is 1.44 bits per heavy atom. The summed E-state index contributed by atoms with van der Waals surface area (Å²) in [4.78, 5) is 0. The van der Waals surface area contributed by atoms with Crippen LogP contribution in [0.25, 0.3) is 0 Å². The van der Waals surface area contributed by atoms with Gasteiger partial charge in [-0.2, -0.15) is 18.3 Å². The molecule has 0 amide bonds. The Morgan fingerprint density at radius 3 is 2.56 bits per heavy atom. The van der Waals surface area contributed by atoms with Crippen LogP contribution in [0.1, 0.15) is 19.4 Å². The Kier molecular flexibility index (Phi) is 4.35. The minimum Gasteiger partial charge on any atom is -0.306 e. The number of halogens is 3. The van der Waals surface area contributed by atoms with E-state index in [1.807, 2.05) is 6.92 Å². The zero-order valence-electron chi connectivity index (χ0n) is 9.38. The number of aromatic nitrogens is 2. The van der Waals surface area contributed by atoms with Crippen molar-refractivity contribution in [1.82, 2.24) is 15.1 Å². The van der Waals surface area contributed by atoms with Gasteiger partial charge in [0.15, 0.2) is 0 Å². The molecule has 0 saturated carbocycles. The molecule has 0 bridgehead atoms. The summed E-state index contributed by atoms with van der Waals surface area (Å²) in [5.74, 6) is 0. The fraction of sp³-hybridized carbons (Fsp3) is 0.700. The molecular formula is C10H16F3N3. The van der Waals surface area contributed by atoms with Gasteiger partial charge in [-0.15, -0.1) is 0 Å². The van der Waals surface area contributed by atoms with Gasteiger partial charge in [0, 0.05) is 12.7 Å². The molecule has 6 heteroatoms. The Labute approximate surface area is 92.6 Å². The van der Waals surface area contributed by atoms with Crippen LogP contribution >= 0.6 is 0 Å². The van der Waals surface area contributed by atoms with Crippen molar-refractivity contribution in [2.75, 3.05) is 6.54 Å². The highest BCUT2D eigenvalue weighted by molar-refractivity contribution is 5.07. The predicted octanol–water partition coefficient (Wildman–Crippen LogP) is 1.99. The Morgan fingerprint density at radius 2 is 2.12 bits per heavy atom. The lowest BCUT2D eigenvalue weighted by Gasteiger charge is -2.20. The van der Waals surface area contributed by atoms with E-state index < -0.39 is 12.2 Å². The molecular weight excluding hydrogens is 219 g/mol. The van der Waals surface area contributed by atoms with E-state index in [4.69, 9.17) is 0 Å². The van der Waals surface area contributed by atoms with Gasteiger partial charge in [-0.25, -0.2) is 0 Å². The van der Waals surface area contributed by atoms with Crippen molar-refractivity contribution in [3.63, 3.8) is 0 Å². The van der Waals surface area contributed by atoms with E-state index in [0.717, 1.165) is 0 Å². The first-order chi connectivity index (χ1) is 7.47. The molecule has 0 fully saturated rings. The number of hydrogen-bond acceptors (Lipinski definition) is 2. The van der Waals surface area contributed by atoms with Crippen molar-refractivity contribution in [1.29, 1.82) is 0 Å². The van der Waals surface area contributed by atoms with Gasteiger partial charge in [-0.3, -0.25) is 4.68 Å². The molecule has 1 heterocycles. The van der Waals surface area contributed by atoms with Gasteiger partial charge in [-0.1, -0.05) is 6.92 Å². The maximum atomic E-state index is 12.6. The molecule has 1 aromatic heterocycles. The third-order valence-corrected chi connectivity index (χ3v) is 2.30. The number of nitrogens with one attached hydrogen (secondary N) is 1. The molecule has 1 rings (SSSR count). The quantitative estimate of drug-likeness (QED) is 0.845. The molecule has 1 atom stereocenters. The topological polar surface area (TPSA) is 29.9 Å². The maximum absolute atomic E-state index is 12.6. The third kappa shape index (κ3) is 3.52. The predicted molar refractivity (Wildman–Crippen MR) is 55.1 cm³/mol. The normalized spacial score (nSPS) is 14.1. The minimum absolute atomic E-state index is 0.0721. The van der Waals surface area contributed by atoms with Gasteiger partial charge in [0.1, 0.15) is 6.04 Å². The Balaban J connectivity index is 2.67. The highest BCUT2D eigenvalue weighted by Gasteiger charge is 2.38. The summed E-state index contributed by atoms with van der Waals surface area (Å²) in [6, 6.07) is -1.49. The molecule has 0 spiro atoms. The van der Waals surface area contributed by atoms with Crippen LogP contribution in [0, 0.1) is 0 Å². The van der Waals surface area contributed by atoms with Gasteiger partial charge in [0.25, 0.3) is 0 Å². The number of likely N-dealkylation sites (N-methyl/N-ethyl adjacent to an activating group) is 1. The van der Waals surface area contributed by atoms with Crippen LogP contribution in [0.15, 0.2) is 12.4 Å². The Bertz CT molecular complexity index is 319. The zero-order chi connectivity index (χ0) is 12.2. The van der Waals surface area contributed by atoms with E-state index in [1.54, 1.807) is 17.8 Å². The molecule has 1 N–H and O–H groups in total. The molecule has 0 aromatic carbocycles. The van der Waals surface area contributed by atoms with Gasteiger partial charge < -0.3 is 5.32 Å². The summed E-state index contributed by atoms with van der Waals surface area (Å²) in [6.45, 7) is 4.51. The molecule has 3 nitrogen and oxygen atoms in total. The number of hydrogen-bond donors (Lipinski definition) is 1. The minimum atomic E-state index is -4.22. The van der Waals surface area contributed by atoms with E-state index in [1.165, 1.54) is 6.20 Å². The first-order valence-corrected chi connectivity index (χ1v) is 5.28. The lowest BCUT2D eigenvalue weighted by Crippen LogP contribution is -2.43. The molecule has 1 unspecified atom stereocenters. The van der Waals surface area contributed by atoms with E-state index in [-0.39, 0.29) is 6.42 Å². The van der Waals surface area contributed by atoms with Crippen molar-refractivity contribution >= 4 is 0 Å². The second-order valence-corrected chi connectivity index (χ2v) is 3.56. The SMILES string of the molecule is CCNC(Cc1cnn(CC)c1)C(F)(F)F. The number of alkyl halides is 3. The first-order valence-electron chi connectivity index (χ1n) is 5.28. The molecule has 0 saturated heterocycles. The van der Waals surface area contributed by atoms with Crippen molar-refractivity contribution < 1.29 is 13.2 Å². The van der Waals surface area contributed by atoms with Crippen LogP contribution in [0.2, 0.25) is 0 Å². The molecule has 92 valence electrons. The summed E-state index contributed by atoms with van der Waals surface area (Å²) in [5, 5.41) is 6.39. The second-order valence-electron chi connectivity index (χ2n) is 3.56. The molecule has 0 radical (unpaired) electrons. The van der Waals surface area contributed by atoms with E-state index in [0.29, 0.717) is 18.7 Å². The third-order valence-electron chi connectivity index (χ3n) is 2.30. The summed E-state index contributed by atoms with van der Waals surface area (Å²) >= 11 is 0. The fourth-order valence-electron chi connectivity index (χ4n) is 1.47. The summed E-state index contributed by atoms with van der Waals surface area (Å²) in [7, 11) is 0. The van der Waals surface area contributed by atoms with Crippen molar-refractivity contribution in [3.05, 3.63) is 18.0 Å². The summed E-state index contributed by atoms with van der Waals surface area (Å²) in [6.07, 6.45) is -1.16. The van der Waals surface area contributed by atoms with Crippen LogP contribution in [-0.2, 0) is 13.0 Å². The zero-order valence-corrected chi connectivity index (χ0v) is 9.38. The Hall–Kier alpha value is -1.04. The van der Waals surface area contributed by atoms with Crippen LogP contribution in [-0.4, -0.2) is 28.5 Å². The van der Waals surface area contributed by atoms with Gasteiger partial charge in [0.05, 0.1) is 6.20 Å². The lowest BCUT2D eigenvalue weighted by atomic mass is 10.1. The highest BCUT2D eigenvalue weighted by Crippen LogP contribution is 2.22. The van der Waals surface area contributed by atoms with E-state index in [9.17, 15) is 13.2 Å². The van der Waals surface area contributed by atoms with Crippen molar-refractivity contribution in [3.8, 4) is 0 Å². The maximum Gasteiger partial charge on any atom is 0.404 e. The standard InChI is InChI=1S/C10H16F3N3/c1-3-14-9(10(11,12)13)5-8-6-15-16(4-2)7-8/h6-7,9,14H,3-5H2,1-2H3. The molecule has 1 aromatic rings. The van der Waals surface area contributed by atoms with Crippen LogP contribution < -0.4 is 5.32 Å². The van der Waals surface area contributed by atoms with E-state index >= 15 is 0 Å². The molecule has 0 aliphatic rings. The van der Waals surface area contributed by atoms with Gasteiger partial charge in [-0.05, 0) is 25.5 Å².